The number of H-pyrrole nitrogens is 1. The molecule has 3 rings (SSSR count). The summed E-state index contributed by atoms with van der Waals surface area (Å²) in [6, 6.07) is 5.55. The summed E-state index contributed by atoms with van der Waals surface area (Å²) in [4.78, 5) is 12.2. The standard InChI is InChI=1S/C15H16Cl2N4OS/c1-21-12(19-20-15(21)23)5-6-18-14(22)10-7-9(10)8-3-2-4-11(16)13(8)17/h2-4,9-10H,5-7H2,1H3,(H,18,22)(H,20,23)/t9-,10+/m0/s1. The smallest absolute Gasteiger partial charge is 0.223 e. The minimum absolute atomic E-state index is 0.0339. The molecular weight excluding hydrogens is 355 g/mol. The first kappa shape index (κ1) is 16.5. The third-order valence-electron chi connectivity index (χ3n) is 4.13. The van der Waals surface area contributed by atoms with Gasteiger partial charge in [-0.1, -0.05) is 35.3 Å². The second-order valence-corrected chi connectivity index (χ2v) is 6.81. The second-order valence-electron chi connectivity index (χ2n) is 5.64. The summed E-state index contributed by atoms with van der Waals surface area (Å²) in [6.07, 6.45) is 1.43. The Hall–Kier alpha value is -1.37. The largest absolute Gasteiger partial charge is 0.355 e. The van der Waals surface area contributed by atoms with Gasteiger partial charge in [0.25, 0.3) is 0 Å². The second kappa shape index (κ2) is 6.63. The van der Waals surface area contributed by atoms with Crippen LogP contribution < -0.4 is 5.32 Å². The van der Waals surface area contributed by atoms with Crippen LogP contribution >= 0.6 is 35.4 Å². The predicted octanol–water partition coefficient (Wildman–Crippen LogP) is 3.25. The topological polar surface area (TPSA) is 62.7 Å². The van der Waals surface area contributed by atoms with Crippen LogP contribution in [-0.4, -0.2) is 27.2 Å². The molecule has 1 aromatic heterocycles. The average molecular weight is 371 g/mol. The van der Waals surface area contributed by atoms with Crippen molar-refractivity contribution in [2.75, 3.05) is 6.54 Å². The Balaban J connectivity index is 1.53. The molecule has 2 N–H and O–H groups in total. The summed E-state index contributed by atoms with van der Waals surface area (Å²) in [7, 11) is 1.85. The molecule has 1 aromatic carbocycles. The highest BCUT2D eigenvalue weighted by Crippen LogP contribution is 2.50. The van der Waals surface area contributed by atoms with E-state index in [0.29, 0.717) is 27.8 Å². The highest BCUT2D eigenvalue weighted by atomic mass is 35.5. The first-order valence-electron chi connectivity index (χ1n) is 7.31. The Morgan fingerprint density at radius 2 is 2.30 bits per heavy atom. The van der Waals surface area contributed by atoms with E-state index in [1.807, 2.05) is 19.2 Å². The van der Waals surface area contributed by atoms with Crippen molar-refractivity contribution >= 4 is 41.3 Å². The van der Waals surface area contributed by atoms with Crippen molar-refractivity contribution < 1.29 is 4.79 Å². The summed E-state index contributed by atoms with van der Waals surface area (Å²) in [6.45, 7) is 0.527. The van der Waals surface area contributed by atoms with Crippen LogP contribution in [0.2, 0.25) is 10.0 Å². The van der Waals surface area contributed by atoms with Gasteiger partial charge in [0.2, 0.25) is 5.91 Å². The number of amides is 1. The minimum Gasteiger partial charge on any atom is -0.355 e. The Morgan fingerprint density at radius 1 is 1.52 bits per heavy atom. The van der Waals surface area contributed by atoms with Crippen LogP contribution in [0.1, 0.15) is 23.7 Å². The highest BCUT2D eigenvalue weighted by molar-refractivity contribution is 7.71. The van der Waals surface area contributed by atoms with E-state index in [-0.39, 0.29) is 17.7 Å². The van der Waals surface area contributed by atoms with Gasteiger partial charge >= 0.3 is 0 Å². The molecule has 0 radical (unpaired) electrons. The van der Waals surface area contributed by atoms with Gasteiger partial charge in [0.15, 0.2) is 4.77 Å². The van der Waals surface area contributed by atoms with Gasteiger partial charge in [0.1, 0.15) is 5.82 Å². The predicted molar refractivity (Wildman–Crippen MR) is 92.4 cm³/mol. The Labute approximate surface area is 149 Å². The lowest BCUT2D eigenvalue weighted by Gasteiger charge is -2.06. The number of carbonyl (C=O) groups is 1. The number of nitrogens with zero attached hydrogens (tertiary/aromatic N) is 2. The molecule has 1 saturated carbocycles. The van der Waals surface area contributed by atoms with Crippen molar-refractivity contribution in [2.45, 2.75) is 18.8 Å². The summed E-state index contributed by atoms with van der Waals surface area (Å²) < 4.78 is 2.37. The molecule has 1 heterocycles. The number of aromatic amines is 1. The molecule has 1 amide bonds. The first-order chi connectivity index (χ1) is 11.0. The van der Waals surface area contributed by atoms with Gasteiger partial charge in [-0.25, -0.2) is 0 Å². The fourth-order valence-corrected chi connectivity index (χ4v) is 3.27. The maximum Gasteiger partial charge on any atom is 0.223 e. The van der Waals surface area contributed by atoms with Crippen LogP contribution in [0.25, 0.3) is 0 Å². The highest BCUT2D eigenvalue weighted by Gasteiger charge is 2.44. The number of halogens is 2. The van der Waals surface area contributed by atoms with E-state index in [9.17, 15) is 4.79 Å². The molecule has 8 heteroatoms. The molecule has 1 aliphatic carbocycles. The molecule has 0 spiro atoms. The summed E-state index contributed by atoms with van der Waals surface area (Å²) >= 11 is 17.3. The molecule has 23 heavy (non-hydrogen) atoms. The number of aromatic nitrogens is 3. The SMILES string of the molecule is Cn1c(CCNC(=O)[C@@H]2C[C@H]2c2cccc(Cl)c2Cl)n[nH]c1=S. The molecular formula is C15H16Cl2N4OS. The zero-order valence-electron chi connectivity index (χ0n) is 12.5. The van der Waals surface area contributed by atoms with E-state index >= 15 is 0 Å². The normalized spacial score (nSPS) is 19.6. The van der Waals surface area contributed by atoms with Crippen molar-refractivity contribution in [3.8, 4) is 0 Å². The maximum absolute atomic E-state index is 12.2. The van der Waals surface area contributed by atoms with Crippen LogP contribution in [0.4, 0.5) is 0 Å². The minimum atomic E-state index is -0.0339. The molecule has 0 bridgehead atoms. The quantitative estimate of drug-likeness (QED) is 0.794. The zero-order chi connectivity index (χ0) is 16.6. The number of rotatable bonds is 5. The lowest BCUT2D eigenvalue weighted by molar-refractivity contribution is -0.122. The van der Waals surface area contributed by atoms with Crippen LogP contribution in [0.15, 0.2) is 18.2 Å². The molecule has 1 aliphatic rings. The van der Waals surface area contributed by atoms with Gasteiger partial charge in [0, 0.05) is 25.9 Å². The molecule has 2 atom stereocenters. The number of hydrogen-bond donors (Lipinski definition) is 2. The monoisotopic (exact) mass is 370 g/mol. The van der Waals surface area contributed by atoms with Gasteiger partial charge in [-0.3, -0.25) is 9.89 Å². The van der Waals surface area contributed by atoms with Crippen molar-refractivity contribution in [1.29, 1.82) is 0 Å². The Kier molecular flexibility index (Phi) is 4.75. The van der Waals surface area contributed by atoms with Gasteiger partial charge in [0.05, 0.1) is 10.0 Å². The summed E-state index contributed by atoms with van der Waals surface area (Å²) in [5, 5.41) is 10.9. The number of benzene rings is 1. The number of carbonyl (C=O) groups excluding carboxylic acids is 1. The molecule has 0 unspecified atom stereocenters. The third kappa shape index (κ3) is 3.44. The fourth-order valence-electron chi connectivity index (χ4n) is 2.67. The van der Waals surface area contributed by atoms with Crippen LogP contribution in [0.5, 0.6) is 0 Å². The zero-order valence-corrected chi connectivity index (χ0v) is 14.8. The van der Waals surface area contributed by atoms with Gasteiger partial charge in [-0.2, -0.15) is 5.10 Å². The van der Waals surface area contributed by atoms with Crippen molar-refractivity contribution in [3.63, 3.8) is 0 Å². The lowest BCUT2D eigenvalue weighted by atomic mass is 10.1. The number of nitrogens with one attached hydrogen (secondary N) is 2. The molecule has 1 fully saturated rings. The molecule has 2 aromatic rings. The molecule has 5 nitrogen and oxygen atoms in total. The van der Waals surface area contributed by atoms with Crippen LogP contribution in [0.3, 0.4) is 0 Å². The van der Waals surface area contributed by atoms with Crippen molar-refractivity contribution in [2.24, 2.45) is 13.0 Å². The van der Waals surface area contributed by atoms with E-state index in [4.69, 9.17) is 35.4 Å². The van der Waals surface area contributed by atoms with E-state index in [0.717, 1.165) is 17.8 Å². The Bertz CT molecular complexity index is 801. The average Bonchev–Trinajstić information content (AvgIpc) is 3.26. The van der Waals surface area contributed by atoms with E-state index in [1.165, 1.54) is 0 Å². The number of hydrogen-bond acceptors (Lipinski definition) is 3. The van der Waals surface area contributed by atoms with Crippen molar-refractivity contribution in [1.82, 2.24) is 20.1 Å². The maximum atomic E-state index is 12.2. The molecule has 0 saturated heterocycles. The lowest BCUT2D eigenvalue weighted by Crippen LogP contribution is -2.28. The van der Waals surface area contributed by atoms with Crippen LogP contribution in [-0.2, 0) is 18.3 Å². The Morgan fingerprint density at radius 3 is 3.00 bits per heavy atom. The van der Waals surface area contributed by atoms with E-state index in [1.54, 1.807) is 10.6 Å². The first-order valence-corrected chi connectivity index (χ1v) is 8.47. The van der Waals surface area contributed by atoms with E-state index < -0.39 is 0 Å². The molecule has 0 aliphatic heterocycles. The summed E-state index contributed by atoms with van der Waals surface area (Å²) in [5.74, 6) is 0.985. The van der Waals surface area contributed by atoms with Gasteiger partial charge in [-0.05, 0) is 36.2 Å². The van der Waals surface area contributed by atoms with Crippen LogP contribution in [0, 0.1) is 10.7 Å². The van der Waals surface area contributed by atoms with Gasteiger partial charge < -0.3 is 9.88 Å². The third-order valence-corrected chi connectivity index (χ3v) is 5.33. The summed E-state index contributed by atoms with van der Waals surface area (Å²) in [5.41, 5.74) is 0.953. The van der Waals surface area contributed by atoms with Gasteiger partial charge in [-0.15, -0.1) is 0 Å². The fraction of sp³-hybridized carbons (Fsp3) is 0.400. The molecule has 122 valence electrons. The van der Waals surface area contributed by atoms with E-state index in [2.05, 4.69) is 15.5 Å². The van der Waals surface area contributed by atoms with Crippen molar-refractivity contribution in [3.05, 3.63) is 44.4 Å².